The minimum absolute atomic E-state index is 0.103. The molecule has 0 spiro atoms. The van der Waals surface area contributed by atoms with Crippen LogP contribution >= 0.6 is 0 Å². The fourth-order valence-electron chi connectivity index (χ4n) is 4.14. The number of ether oxygens (including phenoxy) is 1. The summed E-state index contributed by atoms with van der Waals surface area (Å²) in [5, 5.41) is 11.9. The molecule has 186 valence electrons. The smallest absolute Gasteiger partial charge is 0.322 e. The molecular formula is C28H30N4O4. The molecule has 0 aliphatic carbocycles. The van der Waals surface area contributed by atoms with Crippen LogP contribution in [-0.2, 0) is 22.6 Å². The maximum absolute atomic E-state index is 13.6. The number of nitrogens with one attached hydrogen (secondary N) is 1. The van der Waals surface area contributed by atoms with Gasteiger partial charge >= 0.3 is 6.03 Å². The van der Waals surface area contributed by atoms with Crippen molar-refractivity contribution in [3.8, 4) is 6.07 Å². The highest BCUT2D eigenvalue weighted by atomic mass is 16.5. The van der Waals surface area contributed by atoms with Crippen molar-refractivity contribution in [1.29, 1.82) is 5.26 Å². The zero-order valence-electron chi connectivity index (χ0n) is 20.4. The number of carbonyl (C=O) groups excluding carboxylic acids is 2. The minimum atomic E-state index is -0.392. The zero-order valence-corrected chi connectivity index (χ0v) is 20.4. The second-order valence-corrected chi connectivity index (χ2v) is 8.88. The van der Waals surface area contributed by atoms with Crippen LogP contribution in [0.25, 0.3) is 0 Å². The van der Waals surface area contributed by atoms with E-state index in [4.69, 9.17) is 14.4 Å². The topological polar surface area (TPSA) is 98.8 Å². The average Bonchev–Trinajstić information content (AvgIpc) is 3.55. The van der Waals surface area contributed by atoms with E-state index in [0.717, 1.165) is 24.2 Å². The van der Waals surface area contributed by atoms with E-state index in [9.17, 15) is 9.59 Å². The lowest BCUT2D eigenvalue weighted by Crippen LogP contribution is -2.46. The number of hydrogen-bond donors (Lipinski definition) is 1. The summed E-state index contributed by atoms with van der Waals surface area (Å²) in [7, 11) is 0. The third-order valence-corrected chi connectivity index (χ3v) is 6.04. The van der Waals surface area contributed by atoms with Gasteiger partial charge in [0.2, 0.25) is 5.91 Å². The van der Waals surface area contributed by atoms with Gasteiger partial charge in [0.05, 0.1) is 24.3 Å². The normalized spacial score (nSPS) is 14.7. The summed E-state index contributed by atoms with van der Waals surface area (Å²) in [4.78, 5) is 30.0. The number of carbonyl (C=O) groups is 2. The van der Waals surface area contributed by atoms with E-state index in [-0.39, 0.29) is 18.6 Å². The summed E-state index contributed by atoms with van der Waals surface area (Å²) >= 11 is 0. The number of nitriles is 1. The predicted octanol–water partition coefficient (Wildman–Crippen LogP) is 4.70. The molecule has 0 saturated carbocycles. The van der Waals surface area contributed by atoms with E-state index in [1.54, 1.807) is 29.2 Å². The molecule has 1 unspecified atom stereocenters. The molecule has 3 amide bonds. The molecular weight excluding hydrogens is 456 g/mol. The number of anilines is 1. The summed E-state index contributed by atoms with van der Waals surface area (Å²) < 4.78 is 11.5. The van der Waals surface area contributed by atoms with Gasteiger partial charge in [0.25, 0.3) is 0 Å². The van der Waals surface area contributed by atoms with Crippen molar-refractivity contribution in [3.63, 3.8) is 0 Å². The second-order valence-electron chi connectivity index (χ2n) is 8.88. The molecule has 1 aliphatic heterocycles. The Morgan fingerprint density at radius 3 is 2.44 bits per heavy atom. The lowest BCUT2D eigenvalue weighted by Gasteiger charge is -2.29. The molecule has 1 saturated heterocycles. The SMILES string of the molecule is Cc1ccc(CN(Cc2ccccc2)C(=O)CN(CC2CCCO2)C(=O)Nc2ccc(C#N)cc2)o1. The average molecular weight is 487 g/mol. The van der Waals surface area contributed by atoms with E-state index in [1.165, 1.54) is 4.90 Å². The second kappa shape index (κ2) is 12.0. The Balaban J connectivity index is 1.50. The van der Waals surface area contributed by atoms with E-state index in [0.29, 0.717) is 43.3 Å². The van der Waals surface area contributed by atoms with Crippen molar-refractivity contribution in [1.82, 2.24) is 9.80 Å². The van der Waals surface area contributed by atoms with Crippen LogP contribution in [0.5, 0.6) is 0 Å². The van der Waals surface area contributed by atoms with Crippen LogP contribution in [0.3, 0.4) is 0 Å². The van der Waals surface area contributed by atoms with Crippen molar-refractivity contribution in [3.05, 3.63) is 89.4 Å². The molecule has 8 heteroatoms. The standard InChI is InChI=1S/C28H30N4O4/c1-21-9-14-26(36-21)19-31(17-23-6-3-2-4-7-23)27(33)20-32(18-25-8-5-15-35-25)28(34)30-24-12-10-22(16-29)11-13-24/h2-4,6-7,9-14,25H,5,8,15,17-20H2,1H3,(H,30,34). The van der Waals surface area contributed by atoms with Crippen LogP contribution in [0.1, 0.15) is 35.5 Å². The third kappa shape index (κ3) is 6.96. The number of rotatable bonds is 9. The number of aryl methyl sites for hydroxylation is 1. The van der Waals surface area contributed by atoms with Crippen molar-refractivity contribution >= 4 is 17.6 Å². The molecule has 1 aromatic heterocycles. The van der Waals surface area contributed by atoms with Crippen LogP contribution in [0, 0.1) is 18.3 Å². The van der Waals surface area contributed by atoms with Gasteiger partial charge in [-0.3, -0.25) is 4.79 Å². The van der Waals surface area contributed by atoms with E-state index < -0.39 is 6.03 Å². The van der Waals surface area contributed by atoms with Gasteiger partial charge in [0.15, 0.2) is 0 Å². The molecule has 1 N–H and O–H groups in total. The quantitative estimate of drug-likeness (QED) is 0.473. The minimum Gasteiger partial charge on any atom is -0.464 e. The Bertz CT molecular complexity index is 1190. The highest BCUT2D eigenvalue weighted by Crippen LogP contribution is 2.17. The van der Waals surface area contributed by atoms with Gasteiger partial charge in [-0.25, -0.2) is 4.79 Å². The maximum atomic E-state index is 13.6. The highest BCUT2D eigenvalue weighted by Gasteiger charge is 2.27. The first-order valence-corrected chi connectivity index (χ1v) is 12.0. The largest absolute Gasteiger partial charge is 0.464 e. The lowest BCUT2D eigenvalue weighted by atomic mass is 10.2. The number of furan rings is 1. The van der Waals surface area contributed by atoms with E-state index in [1.807, 2.05) is 49.4 Å². The van der Waals surface area contributed by atoms with Crippen LogP contribution in [0.4, 0.5) is 10.5 Å². The molecule has 1 atom stereocenters. The molecule has 3 aromatic rings. The zero-order chi connectivity index (χ0) is 25.3. The first-order valence-electron chi connectivity index (χ1n) is 12.0. The predicted molar refractivity (Wildman–Crippen MR) is 135 cm³/mol. The Morgan fingerprint density at radius 2 is 1.81 bits per heavy atom. The summed E-state index contributed by atoms with van der Waals surface area (Å²) in [5.41, 5.74) is 2.04. The Kier molecular flexibility index (Phi) is 8.37. The molecule has 0 bridgehead atoms. The molecule has 8 nitrogen and oxygen atoms in total. The molecule has 4 rings (SSSR count). The lowest BCUT2D eigenvalue weighted by molar-refractivity contribution is -0.133. The van der Waals surface area contributed by atoms with E-state index in [2.05, 4.69) is 11.4 Å². The van der Waals surface area contributed by atoms with Gasteiger partial charge in [0.1, 0.15) is 18.1 Å². The van der Waals surface area contributed by atoms with Crippen LogP contribution in [-0.4, -0.2) is 47.5 Å². The van der Waals surface area contributed by atoms with Crippen molar-refractivity contribution in [2.75, 3.05) is 25.0 Å². The first kappa shape index (κ1) is 25.0. The number of hydrogen-bond acceptors (Lipinski definition) is 5. The van der Waals surface area contributed by atoms with Gasteiger partial charge in [-0.2, -0.15) is 5.26 Å². The summed E-state index contributed by atoms with van der Waals surface area (Å²) in [6.45, 7) is 3.42. The van der Waals surface area contributed by atoms with Gasteiger partial charge in [-0.15, -0.1) is 0 Å². The van der Waals surface area contributed by atoms with Gasteiger partial charge in [-0.1, -0.05) is 30.3 Å². The molecule has 36 heavy (non-hydrogen) atoms. The number of nitrogens with zero attached hydrogens (tertiary/aromatic N) is 3. The highest BCUT2D eigenvalue weighted by molar-refractivity contribution is 5.92. The molecule has 1 aliphatic rings. The Hall–Kier alpha value is -4.09. The number of benzene rings is 2. The number of amides is 3. The number of urea groups is 1. The van der Waals surface area contributed by atoms with Gasteiger partial charge < -0.3 is 24.3 Å². The summed E-state index contributed by atoms with van der Waals surface area (Å²) in [6, 6.07) is 21.8. The maximum Gasteiger partial charge on any atom is 0.322 e. The Morgan fingerprint density at radius 1 is 1.03 bits per heavy atom. The molecule has 1 fully saturated rings. The third-order valence-electron chi connectivity index (χ3n) is 6.04. The fraction of sp³-hybridized carbons (Fsp3) is 0.321. The monoisotopic (exact) mass is 486 g/mol. The molecule has 2 heterocycles. The summed E-state index contributed by atoms with van der Waals surface area (Å²) in [5.74, 6) is 1.27. The fourth-order valence-corrected chi connectivity index (χ4v) is 4.14. The molecule has 0 radical (unpaired) electrons. The van der Waals surface area contributed by atoms with Crippen molar-refractivity contribution in [2.45, 2.75) is 39.0 Å². The molecule has 2 aromatic carbocycles. The van der Waals surface area contributed by atoms with E-state index >= 15 is 0 Å². The first-order chi connectivity index (χ1) is 17.5. The summed E-state index contributed by atoms with van der Waals surface area (Å²) in [6.07, 6.45) is 1.66. The van der Waals surface area contributed by atoms with Crippen LogP contribution in [0.2, 0.25) is 0 Å². The van der Waals surface area contributed by atoms with Crippen LogP contribution < -0.4 is 5.32 Å². The van der Waals surface area contributed by atoms with Crippen LogP contribution in [0.15, 0.2) is 71.1 Å². The Labute approximate surface area is 211 Å². The van der Waals surface area contributed by atoms with Gasteiger partial charge in [0, 0.05) is 25.4 Å². The van der Waals surface area contributed by atoms with Crippen molar-refractivity contribution < 1.29 is 18.7 Å². The van der Waals surface area contributed by atoms with Crippen molar-refractivity contribution in [2.24, 2.45) is 0 Å². The van der Waals surface area contributed by atoms with Gasteiger partial charge in [-0.05, 0) is 61.7 Å².